The lowest BCUT2D eigenvalue weighted by molar-refractivity contribution is -0.225. The summed E-state index contributed by atoms with van der Waals surface area (Å²) in [5.41, 5.74) is 5.33. The Balaban J connectivity index is 0.00000208. The Morgan fingerprint density at radius 3 is 2.79 bits per heavy atom. The Bertz CT molecular complexity index is 513. The van der Waals surface area contributed by atoms with Crippen LogP contribution in [0.4, 0.5) is 0 Å². The van der Waals surface area contributed by atoms with Gasteiger partial charge in [0.2, 0.25) is 11.8 Å². The Morgan fingerprint density at radius 2 is 2.17 bits per heavy atom. The minimum Gasteiger partial charge on any atom is -0.377 e. The molecule has 1 aliphatic carbocycles. The standard InChI is InChI=1S/C17H29N3O3.ClH/c1-11(10-20-8-4-7-13(20)21)19-15(22)17(18)12-6-5-9-23-14(12)16(17,2)3;/h11-12,14H,4-10,18H2,1-3H3,(H,19,22);1H. The van der Waals surface area contributed by atoms with Gasteiger partial charge in [0, 0.05) is 43.5 Å². The van der Waals surface area contributed by atoms with Crippen molar-refractivity contribution < 1.29 is 14.3 Å². The Morgan fingerprint density at radius 1 is 1.46 bits per heavy atom. The zero-order valence-corrected chi connectivity index (χ0v) is 15.7. The van der Waals surface area contributed by atoms with Gasteiger partial charge in [0.1, 0.15) is 5.54 Å². The number of nitrogens with zero attached hydrogens (tertiary/aromatic N) is 1. The molecular formula is C17H30ClN3O3. The lowest BCUT2D eigenvalue weighted by Crippen LogP contribution is -2.82. The summed E-state index contributed by atoms with van der Waals surface area (Å²) in [6, 6.07) is -0.0932. The van der Waals surface area contributed by atoms with Gasteiger partial charge in [-0.25, -0.2) is 0 Å². The van der Waals surface area contributed by atoms with Crippen molar-refractivity contribution in [2.45, 2.75) is 64.1 Å². The van der Waals surface area contributed by atoms with E-state index in [4.69, 9.17) is 10.5 Å². The van der Waals surface area contributed by atoms with E-state index < -0.39 is 5.54 Å². The van der Waals surface area contributed by atoms with E-state index in [9.17, 15) is 9.59 Å². The number of fused-ring (bicyclic) bond motifs is 1. The first-order valence-corrected chi connectivity index (χ1v) is 8.77. The predicted molar refractivity (Wildman–Crippen MR) is 93.8 cm³/mol. The highest BCUT2D eigenvalue weighted by Crippen LogP contribution is 2.57. The molecule has 3 rings (SSSR count). The smallest absolute Gasteiger partial charge is 0.241 e. The minimum absolute atomic E-state index is 0. The third-order valence-corrected chi connectivity index (χ3v) is 6.10. The fraction of sp³-hybridized carbons (Fsp3) is 0.882. The molecule has 0 aromatic carbocycles. The maximum atomic E-state index is 12.9. The van der Waals surface area contributed by atoms with Gasteiger partial charge in [-0.1, -0.05) is 13.8 Å². The van der Waals surface area contributed by atoms with Crippen molar-refractivity contribution in [2.24, 2.45) is 17.1 Å². The number of carbonyl (C=O) groups excluding carboxylic acids is 2. The van der Waals surface area contributed by atoms with Crippen molar-refractivity contribution >= 4 is 24.2 Å². The zero-order chi connectivity index (χ0) is 16.8. The summed E-state index contributed by atoms with van der Waals surface area (Å²) in [7, 11) is 0. The average molecular weight is 360 g/mol. The maximum absolute atomic E-state index is 12.9. The van der Waals surface area contributed by atoms with Crippen molar-refractivity contribution in [3.05, 3.63) is 0 Å². The van der Waals surface area contributed by atoms with Gasteiger partial charge in [-0.3, -0.25) is 9.59 Å². The number of nitrogens with two attached hydrogens (primary N) is 1. The average Bonchev–Trinajstić information content (AvgIpc) is 2.91. The molecule has 0 radical (unpaired) electrons. The number of nitrogens with one attached hydrogen (secondary N) is 1. The van der Waals surface area contributed by atoms with Crippen LogP contribution in [0.3, 0.4) is 0 Å². The van der Waals surface area contributed by atoms with Gasteiger partial charge in [0.05, 0.1) is 6.10 Å². The third kappa shape index (κ3) is 2.82. The monoisotopic (exact) mass is 359 g/mol. The van der Waals surface area contributed by atoms with Crippen molar-refractivity contribution in [1.29, 1.82) is 0 Å². The van der Waals surface area contributed by atoms with E-state index in [-0.39, 0.29) is 47.7 Å². The van der Waals surface area contributed by atoms with Gasteiger partial charge in [0.15, 0.2) is 0 Å². The van der Waals surface area contributed by atoms with E-state index in [1.165, 1.54) is 0 Å². The third-order valence-electron chi connectivity index (χ3n) is 6.10. The molecule has 2 amide bonds. The molecule has 138 valence electrons. The first-order valence-electron chi connectivity index (χ1n) is 8.77. The topological polar surface area (TPSA) is 84.7 Å². The summed E-state index contributed by atoms with van der Waals surface area (Å²) in [6.45, 7) is 8.09. The van der Waals surface area contributed by atoms with Crippen LogP contribution in [0, 0.1) is 11.3 Å². The van der Waals surface area contributed by atoms with E-state index in [1.54, 1.807) is 0 Å². The molecule has 2 aliphatic heterocycles. The summed E-state index contributed by atoms with van der Waals surface area (Å²) in [6.07, 6.45) is 3.50. The lowest BCUT2D eigenvalue weighted by Gasteiger charge is -2.65. The number of amides is 2. The number of rotatable bonds is 4. The van der Waals surface area contributed by atoms with Crippen LogP contribution >= 0.6 is 12.4 Å². The Hall–Kier alpha value is -0.850. The predicted octanol–water partition coefficient (Wildman–Crippen LogP) is 1.07. The molecule has 2 saturated heterocycles. The zero-order valence-electron chi connectivity index (χ0n) is 14.8. The Kier molecular flexibility index (Phi) is 5.52. The van der Waals surface area contributed by atoms with E-state index in [2.05, 4.69) is 5.32 Å². The number of hydrogen-bond acceptors (Lipinski definition) is 4. The fourth-order valence-corrected chi connectivity index (χ4v) is 4.65. The molecule has 0 bridgehead atoms. The van der Waals surface area contributed by atoms with Gasteiger partial charge in [-0.05, 0) is 26.2 Å². The Labute approximate surface area is 150 Å². The van der Waals surface area contributed by atoms with E-state index in [0.717, 1.165) is 32.4 Å². The molecular weight excluding hydrogens is 330 g/mol. The summed E-state index contributed by atoms with van der Waals surface area (Å²) in [5, 5.41) is 3.05. The molecule has 0 aromatic heterocycles. The van der Waals surface area contributed by atoms with Gasteiger partial charge in [0.25, 0.3) is 0 Å². The first-order chi connectivity index (χ1) is 10.8. The molecule has 6 nitrogen and oxygen atoms in total. The molecule has 3 aliphatic rings. The maximum Gasteiger partial charge on any atom is 0.241 e. The second-order valence-electron chi connectivity index (χ2n) is 7.95. The summed E-state index contributed by atoms with van der Waals surface area (Å²) in [4.78, 5) is 26.4. The van der Waals surface area contributed by atoms with E-state index >= 15 is 0 Å². The van der Waals surface area contributed by atoms with Crippen molar-refractivity contribution in [2.75, 3.05) is 19.7 Å². The van der Waals surface area contributed by atoms with Crippen molar-refractivity contribution in [3.8, 4) is 0 Å². The van der Waals surface area contributed by atoms with Gasteiger partial charge in [-0.2, -0.15) is 0 Å². The second kappa shape index (κ2) is 6.81. The SMILES string of the molecule is CC(CN1CCCC1=O)NC(=O)C1(N)C2CCCOC2C1(C)C.Cl. The first kappa shape index (κ1) is 19.5. The molecule has 4 unspecified atom stereocenters. The largest absolute Gasteiger partial charge is 0.377 e. The van der Waals surface area contributed by atoms with Crippen LogP contribution in [0.5, 0.6) is 0 Å². The summed E-state index contributed by atoms with van der Waals surface area (Å²) < 4.78 is 5.85. The quantitative estimate of drug-likeness (QED) is 0.786. The van der Waals surface area contributed by atoms with Crippen molar-refractivity contribution in [3.63, 3.8) is 0 Å². The van der Waals surface area contributed by atoms with Crippen LogP contribution in [0.1, 0.15) is 46.5 Å². The number of ether oxygens (including phenoxy) is 1. The number of hydrogen-bond donors (Lipinski definition) is 2. The van der Waals surface area contributed by atoms with Crippen LogP contribution in [0.15, 0.2) is 0 Å². The van der Waals surface area contributed by atoms with Crippen LogP contribution in [-0.2, 0) is 14.3 Å². The van der Waals surface area contributed by atoms with Crippen molar-refractivity contribution in [1.82, 2.24) is 10.2 Å². The molecule has 1 saturated carbocycles. The molecule has 3 N–H and O–H groups in total. The second-order valence-corrected chi connectivity index (χ2v) is 7.95. The van der Waals surface area contributed by atoms with Gasteiger partial charge < -0.3 is 20.7 Å². The summed E-state index contributed by atoms with van der Waals surface area (Å²) >= 11 is 0. The van der Waals surface area contributed by atoms with Crippen LogP contribution < -0.4 is 11.1 Å². The highest BCUT2D eigenvalue weighted by molar-refractivity contribution is 5.89. The molecule has 7 heteroatoms. The number of halogens is 1. The van der Waals surface area contributed by atoms with Gasteiger partial charge in [-0.15, -0.1) is 12.4 Å². The normalized spacial score (nSPS) is 35.5. The molecule has 3 fully saturated rings. The van der Waals surface area contributed by atoms with E-state index in [1.807, 2.05) is 25.7 Å². The summed E-state index contributed by atoms with van der Waals surface area (Å²) in [5.74, 6) is 0.165. The molecule has 0 spiro atoms. The van der Waals surface area contributed by atoms with E-state index in [0.29, 0.717) is 13.0 Å². The fourth-order valence-electron chi connectivity index (χ4n) is 4.65. The lowest BCUT2D eigenvalue weighted by atomic mass is 9.46. The number of carbonyl (C=O) groups is 2. The highest BCUT2D eigenvalue weighted by Gasteiger charge is 2.70. The molecule has 2 heterocycles. The highest BCUT2D eigenvalue weighted by atomic mass is 35.5. The van der Waals surface area contributed by atoms with Crippen LogP contribution in [0.2, 0.25) is 0 Å². The molecule has 4 atom stereocenters. The molecule has 24 heavy (non-hydrogen) atoms. The minimum atomic E-state index is -0.888. The number of likely N-dealkylation sites (tertiary alicyclic amines) is 1. The van der Waals surface area contributed by atoms with Crippen LogP contribution in [0.25, 0.3) is 0 Å². The molecule has 0 aromatic rings. The van der Waals surface area contributed by atoms with Crippen LogP contribution in [-0.4, -0.2) is 54.1 Å². The van der Waals surface area contributed by atoms with Gasteiger partial charge >= 0.3 is 0 Å².